The third-order valence-electron chi connectivity index (χ3n) is 11.3. The van der Waals surface area contributed by atoms with E-state index < -0.39 is 48.0 Å². The second-order valence-corrected chi connectivity index (χ2v) is 15.6. The fourth-order valence-corrected chi connectivity index (χ4v) is 8.35. The molecule has 1 aromatic carbocycles. The molecule has 0 aliphatic carbocycles. The predicted molar refractivity (Wildman–Crippen MR) is 211 cm³/mol. The van der Waals surface area contributed by atoms with Crippen LogP contribution in [-0.4, -0.2) is 130 Å². The van der Waals surface area contributed by atoms with Gasteiger partial charge in [0.2, 0.25) is 11.8 Å². The van der Waals surface area contributed by atoms with Crippen molar-refractivity contribution in [2.24, 2.45) is 34.7 Å². The Morgan fingerprint density at radius 3 is 2.09 bits per heavy atom. The summed E-state index contributed by atoms with van der Waals surface area (Å²) in [6.45, 7) is 9.97. The lowest BCUT2D eigenvalue weighted by Gasteiger charge is -2.40. The fraction of sp³-hybridized carbons (Fsp3) is 0.732. The molecule has 14 nitrogen and oxygen atoms in total. The number of methoxy groups -OCH3 is 3. The van der Waals surface area contributed by atoms with E-state index in [2.05, 4.69) is 10.0 Å². The lowest BCUT2D eigenvalue weighted by molar-refractivity contribution is -0.149. The van der Waals surface area contributed by atoms with Gasteiger partial charge in [0.1, 0.15) is 5.78 Å². The predicted octanol–water partition coefficient (Wildman–Crippen LogP) is 5.37. The standard InChI is InChI=1S/C41H66N6O8/c1-12-27(4)38(46(8)40(51)31(25-43-44-42)23-34(49)37(26(2)3)45(6)7)35(53-9)24-36(50)47-20-16-19-32(47)39(54-10)28(5)33(48)22-30(41(52)55-11)21-29-17-14-13-15-18-29/h13-15,17-18,26-28,30-32,35,37-39H,12,16,19-25H2,1-11H3/t27-,28-,30+,31-,32-,35+,37-,38-,39+/m0/s1. The summed E-state index contributed by atoms with van der Waals surface area (Å²) in [5.41, 5.74) is 10.0. The first-order valence-corrected chi connectivity index (χ1v) is 19.5. The maximum Gasteiger partial charge on any atom is 0.309 e. The van der Waals surface area contributed by atoms with E-state index in [1.807, 2.05) is 77.0 Å². The first-order chi connectivity index (χ1) is 26.1. The van der Waals surface area contributed by atoms with E-state index in [4.69, 9.17) is 19.7 Å². The van der Waals surface area contributed by atoms with Crippen LogP contribution in [0.2, 0.25) is 0 Å². The third kappa shape index (κ3) is 13.1. The second kappa shape index (κ2) is 23.3. The minimum Gasteiger partial charge on any atom is -0.469 e. The number of ketones is 2. The van der Waals surface area contributed by atoms with Gasteiger partial charge < -0.3 is 24.0 Å². The van der Waals surface area contributed by atoms with Crippen LogP contribution in [0.4, 0.5) is 0 Å². The summed E-state index contributed by atoms with van der Waals surface area (Å²) in [4.78, 5) is 76.4. The highest BCUT2D eigenvalue weighted by Gasteiger charge is 2.43. The van der Waals surface area contributed by atoms with E-state index in [0.717, 1.165) is 12.0 Å². The summed E-state index contributed by atoms with van der Waals surface area (Å²) in [7, 11) is 9.67. The highest BCUT2D eigenvalue weighted by atomic mass is 16.5. The number of benzene rings is 1. The van der Waals surface area contributed by atoms with Gasteiger partial charge in [0.15, 0.2) is 5.78 Å². The summed E-state index contributed by atoms with van der Waals surface area (Å²) in [5, 5.41) is 3.69. The molecule has 0 N–H and O–H groups in total. The molecule has 1 heterocycles. The van der Waals surface area contributed by atoms with Gasteiger partial charge in [-0.2, -0.15) is 0 Å². The molecule has 0 saturated carbocycles. The van der Waals surface area contributed by atoms with Crippen LogP contribution in [0.1, 0.15) is 78.7 Å². The number of esters is 1. The zero-order valence-corrected chi connectivity index (χ0v) is 35.0. The summed E-state index contributed by atoms with van der Waals surface area (Å²) >= 11 is 0. The number of hydrogen-bond donors (Lipinski definition) is 0. The number of amides is 2. The maximum atomic E-state index is 14.2. The van der Waals surface area contributed by atoms with Gasteiger partial charge in [-0.1, -0.05) is 76.5 Å². The molecule has 55 heavy (non-hydrogen) atoms. The molecule has 0 unspecified atom stereocenters. The van der Waals surface area contributed by atoms with Crippen LogP contribution < -0.4 is 0 Å². The molecule has 1 fully saturated rings. The average Bonchev–Trinajstić information content (AvgIpc) is 3.65. The summed E-state index contributed by atoms with van der Waals surface area (Å²) in [5.74, 6) is -3.50. The monoisotopic (exact) mass is 770 g/mol. The van der Waals surface area contributed by atoms with Crippen molar-refractivity contribution >= 4 is 29.4 Å². The number of carbonyl (C=O) groups is 5. The van der Waals surface area contributed by atoms with Gasteiger partial charge in [0.05, 0.1) is 55.7 Å². The lowest BCUT2D eigenvalue weighted by atomic mass is 9.85. The van der Waals surface area contributed by atoms with Gasteiger partial charge in [-0.25, -0.2) is 0 Å². The zero-order valence-electron chi connectivity index (χ0n) is 35.0. The smallest absolute Gasteiger partial charge is 0.309 e. The Labute approximate surface area is 328 Å². The van der Waals surface area contributed by atoms with E-state index in [1.165, 1.54) is 21.3 Å². The second-order valence-electron chi connectivity index (χ2n) is 15.6. The van der Waals surface area contributed by atoms with Crippen molar-refractivity contribution in [1.82, 2.24) is 14.7 Å². The van der Waals surface area contributed by atoms with Gasteiger partial charge in [-0.15, -0.1) is 0 Å². The van der Waals surface area contributed by atoms with Gasteiger partial charge in [-0.3, -0.25) is 28.9 Å². The van der Waals surface area contributed by atoms with Crippen molar-refractivity contribution in [3.05, 3.63) is 46.3 Å². The van der Waals surface area contributed by atoms with Crippen molar-refractivity contribution in [3.8, 4) is 0 Å². The number of hydrogen-bond acceptors (Lipinski definition) is 10. The quantitative estimate of drug-likeness (QED) is 0.0580. The van der Waals surface area contributed by atoms with E-state index in [0.29, 0.717) is 25.8 Å². The Hall–Kier alpha value is -3.84. The molecule has 1 aliphatic rings. The van der Waals surface area contributed by atoms with E-state index in [-0.39, 0.29) is 67.1 Å². The van der Waals surface area contributed by atoms with Crippen LogP contribution in [0.3, 0.4) is 0 Å². The number of azide groups is 1. The van der Waals surface area contributed by atoms with E-state index in [1.54, 1.807) is 23.8 Å². The maximum absolute atomic E-state index is 14.2. The molecule has 1 saturated heterocycles. The highest BCUT2D eigenvalue weighted by molar-refractivity contribution is 5.90. The Balaban J connectivity index is 2.30. The number of likely N-dealkylation sites (tertiary alicyclic amines) is 1. The topological polar surface area (TPSA) is 172 Å². The lowest BCUT2D eigenvalue weighted by Crippen LogP contribution is -2.54. The Bertz CT molecular complexity index is 1440. The average molecular weight is 771 g/mol. The Morgan fingerprint density at radius 2 is 1.56 bits per heavy atom. The first-order valence-electron chi connectivity index (χ1n) is 19.5. The van der Waals surface area contributed by atoms with E-state index in [9.17, 15) is 24.0 Å². The van der Waals surface area contributed by atoms with Gasteiger partial charge in [0, 0.05) is 58.0 Å². The summed E-state index contributed by atoms with van der Waals surface area (Å²) in [6.07, 6.45) is 0.947. The Kier molecular flexibility index (Phi) is 20.0. The molecule has 308 valence electrons. The molecule has 2 rings (SSSR count). The molecule has 0 aromatic heterocycles. The number of rotatable bonds is 24. The SMILES string of the molecule is CC[C@H](C)[C@@H]([C@@H](CC(=O)N1CCC[C@H]1[C@H](OC)[C@@H](C)C(=O)C[C@@H](Cc1ccccc1)C(=O)OC)OC)N(C)C(=O)[C@H](CN=[N+]=[N-])CC(=O)[C@H](C(C)C)N(C)C. The molecular weight excluding hydrogens is 704 g/mol. The number of nitrogens with zero attached hydrogens (tertiary/aromatic N) is 6. The van der Waals surface area contributed by atoms with Crippen molar-refractivity contribution < 1.29 is 38.2 Å². The molecular formula is C41H66N6O8. The number of carbonyl (C=O) groups excluding carboxylic acids is 5. The first kappa shape index (κ1) is 47.3. The van der Waals surface area contributed by atoms with Crippen LogP contribution in [0, 0.1) is 29.6 Å². The van der Waals surface area contributed by atoms with Crippen LogP contribution >= 0.6 is 0 Å². The minimum absolute atomic E-state index is 0.0110. The fourth-order valence-electron chi connectivity index (χ4n) is 8.35. The van der Waals surface area contributed by atoms with Gasteiger partial charge >= 0.3 is 5.97 Å². The number of likely N-dealkylation sites (N-methyl/N-ethyl adjacent to an activating group) is 2. The Morgan fingerprint density at radius 1 is 0.927 bits per heavy atom. The normalized spacial score (nSPS) is 18.7. The summed E-state index contributed by atoms with van der Waals surface area (Å²) < 4.78 is 17.0. The van der Waals surface area contributed by atoms with Crippen molar-refractivity contribution in [2.75, 3.05) is 55.6 Å². The van der Waals surface area contributed by atoms with Crippen LogP contribution in [0.25, 0.3) is 10.4 Å². The zero-order chi connectivity index (χ0) is 41.4. The minimum atomic E-state index is -0.884. The van der Waals surface area contributed by atoms with Gasteiger partial charge in [-0.05, 0) is 56.3 Å². The number of Topliss-reactive ketones (excluding diaryl/α,β-unsaturated/α-hetero) is 2. The van der Waals surface area contributed by atoms with Crippen molar-refractivity contribution in [1.29, 1.82) is 0 Å². The van der Waals surface area contributed by atoms with Crippen molar-refractivity contribution in [3.63, 3.8) is 0 Å². The molecule has 1 aliphatic heterocycles. The molecule has 0 spiro atoms. The van der Waals surface area contributed by atoms with Gasteiger partial charge in [0.25, 0.3) is 0 Å². The molecule has 9 atom stereocenters. The van der Waals surface area contributed by atoms with Crippen LogP contribution in [0.15, 0.2) is 35.4 Å². The molecule has 1 aromatic rings. The molecule has 2 amide bonds. The highest BCUT2D eigenvalue weighted by Crippen LogP contribution is 2.31. The molecule has 14 heteroatoms. The molecule has 0 bridgehead atoms. The van der Waals surface area contributed by atoms with Crippen LogP contribution in [0.5, 0.6) is 0 Å². The summed E-state index contributed by atoms with van der Waals surface area (Å²) in [6, 6.07) is 8.15. The van der Waals surface area contributed by atoms with E-state index >= 15 is 0 Å². The van der Waals surface area contributed by atoms with Crippen molar-refractivity contribution in [2.45, 2.75) is 110 Å². The molecule has 0 radical (unpaired) electrons. The third-order valence-corrected chi connectivity index (χ3v) is 11.3. The largest absolute Gasteiger partial charge is 0.469 e. The number of ether oxygens (including phenoxy) is 3. The van der Waals surface area contributed by atoms with Crippen LogP contribution in [-0.2, 0) is 44.6 Å².